The normalized spacial score (nSPS) is 12.9. The molecular weight excluding hydrogens is 369 g/mol. The Bertz CT molecular complexity index is 1170. The Morgan fingerprint density at radius 2 is 2.03 bits per heavy atom. The number of aromatic nitrogens is 3. The minimum absolute atomic E-state index is 0.318. The molecule has 5 rings (SSSR count). The van der Waals surface area contributed by atoms with Gasteiger partial charge in [0, 0.05) is 29.2 Å². The number of ether oxygens (including phenoxy) is 1. The van der Waals surface area contributed by atoms with Gasteiger partial charge in [0.05, 0.1) is 6.54 Å². The molecular formula is C22H20FN5O. The van der Waals surface area contributed by atoms with Crippen molar-refractivity contribution < 1.29 is 9.13 Å². The Labute approximate surface area is 167 Å². The highest BCUT2D eigenvalue weighted by Gasteiger charge is 2.20. The molecule has 0 saturated heterocycles. The van der Waals surface area contributed by atoms with Crippen LogP contribution in [0.2, 0.25) is 0 Å². The summed E-state index contributed by atoms with van der Waals surface area (Å²) < 4.78 is 19.5. The summed E-state index contributed by atoms with van der Waals surface area (Å²) in [6.07, 6.45) is 2.86. The van der Waals surface area contributed by atoms with Gasteiger partial charge < -0.3 is 20.4 Å². The van der Waals surface area contributed by atoms with Crippen LogP contribution in [0.1, 0.15) is 5.56 Å². The van der Waals surface area contributed by atoms with Gasteiger partial charge in [0.2, 0.25) is 5.75 Å². The van der Waals surface area contributed by atoms with Crippen LogP contribution in [-0.2, 0) is 6.42 Å². The predicted molar refractivity (Wildman–Crippen MR) is 112 cm³/mol. The van der Waals surface area contributed by atoms with Crippen LogP contribution in [-0.4, -0.2) is 34.6 Å². The van der Waals surface area contributed by atoms with Gasteiger partial charge >= 0.3 is 0 Å². The number of hydrogen-bond acceptors (Lipinski definition) is 5. The quantitative estimate of drug-likeness (QED) is 0.476. The monoisotopic (exact) mass is 389 g/mol. The van der Waals surface area contributed by atoms with Gasteiger partial charge in [-0.2, -0.15) is 0 Å². The molecule has 7 heteroatoms. The Morgan fingerprint density at radius 1 is 1.10 bits per heavy atom. The number of aromatic amines is 1. The van der Waals surface area contributed by atoms with Crippen LogP contribution in [0.15, 0.2) is 54.7 Å². The van der Waals surface area contributed by atoms with Crippen LogP contribution in [0.4, 0.5) is 16.0 Å². The molecule has 146 valence electrons. The number of halogens is 1. The van der Waals surface area contributed by atoms with Crippen molar-refractivity contribution in [3.63, 3.8) is 0 Å². The molecule has 4 aromatic rings. The van der Waals surface area contributed by atoms with Gasteiger partial charge in [-0.1, -0.05) is 30.3 Å². The van der Waals surface area contributed by atoms with E-state index in [0.717, 1.165) is 11.9 Å². The summed E-state index contributed by atoms with van der Waals surface area (Å²) >= 11 is 0. The lowest BCUT2D eigenvalue weighted by molar-refractivity contribution is 0.321. The maximum Gasteiger partial charge on any atom is 0.204 e. The van der Waals surface area contributed by atoms with E-state index in [0.29, 0.717) is 48.5 Å². The highest BCUT2D eigenvalue weighted by Crippen LogP contribution is 2.35. The number of benzene rings is 2. The van der Waals surface area contributed by atoms with Crippen LogP contribution in [0.5, 0.6) is 5.75 Å². The molecule has 0 amide bonds. The Hall–Kier alpha value is -3.61. The van der Waals surface area contributed by atoms with Gasteiger partial charge in [-0.3, -0.25) is 0 Å². The first-order valence-electron chi connectivity index (χ1n) is 9.61. The third-order valence-electron chi connectivity index (χ3n) is 4.95. The number of fused-ring (bicyclic) bond motifs is 2. The maximum absolute atomic E-state index is 13.7. The summed E-state index contributed by atoms with van der Waals surface area (Å²) in [4.78, 5) is 12.4. The van der Waals surface area contributed by atoms with Gasteiger partial charge in [-0.05, 0) is 30.2 Å². The number of hydrogen-bond donors (Lipinski definition) is 3. The minimum atomic E-state index is -0.318. The fraction of sp³-hybridized carbons (Fsp3) is 0.182. The number of nitrogens with zero attached hydrogens (tertiary/aromatic N) is 2. The molecule has 3 N–H and O–H groups in total. The van der Waals surface area contributed by atoms with E-state index in [1.54, 1.807) is 12.1 Å². The molecule has 0 atom stereocenters. The van der Waals surface area contributed by atoms with Crippen LogP contribution in [0, 0.1) is 5.82 Å². The molecule has 6 nitrogen and oxygen atoms in total. The summed E-state index contributed by atoms with van der Waals surface area (Å²) in [6, 6.07) is 14.5. The van der Waals surface area contributed by atoms with Crippen molar-refractivity contribution in [2.75, 3.05) is 30.3 Å². The smallest absolute Gasteiger partial charge is 0.204 e. The SMILES string of the molecule is Fc1cccc(-c2nc3c(c(NCCc4c[nH]c5ccccc45)n2)OCCN3)c1. The van der Waals surface area contributed by atoms with Crippen LogP contribution in [0.3, 0.4) is 0 Å². The van der Waals surface area contributed by atoms with Crippen molar-refractivity contribution >= 4 is 22.5 Å². The average molecular weight is 389 g/mol. The van der Waals surface area contributed by atoms with E-state index < -0.39 is 0 Å². The van der Waals surface area contributed by atoms with Crippen molar-refractivity contribution in [3.05, 3.63) is 66.1 Å². The second kappa shape index (κ2) is 7.43. The van der Waals surface area contributed by atoms with Gasteiger partial charge in [-0.25, -0.2) is 14.4 Å². The van der Waals surface area contributed by atoms with Crippen LogP contribution < -0.4 is 15.4 Å². The van der Waals surface area contributed by atoms with E-state index >= 15 is 0 Å². The highest BCUT2D eigenvalue weighted by molar-refractivity contribution is 5.83. The minimum Gasteiger partial charge on any atom is -0.485 e. The largest absolute Gasteiger partial charge is 0.485 e. The molecule has 0 saturated carbocycles. The number of H-pyrrole nitrogens is 1. The first kappa shape index (κ1) is 17.5. The molecule has 2 aromatic heterocycles. The van der Waals surface area contributed by atoms with Gasteiger partial charge in [0.1, 0.15) is 12.4 Å². The first-order chi connectivity index (χ1) is 14.3. The third-order valence-corrected chi connectivity index (χ3v) is 4.95. The number of anilines is 2. The summed E-state index contributed by atoms with van der Waals surface area (Å²) in [5.41, 5.74) is 2.99. The zero-order valence-electron chi connectivity index (χ0n) is 15.7. The Morgan fingerprint density at radius 3 is 2.97 bits per heavy atom. The zero-order valence-corrected chi connectivity index (χ0v) is 15.7. The van der Waals surface area contributed by atoms with Crippen molar-refractivity contribution in [2.24, 2.45) is 0 Å². The third kappa shape index (κ3) is 3.47. The van der Waals surface area contributed by atoms with Crippen molar-refractivity contribution in [1.82, 2.24) is 15.0 Å². The lowest BCUT2D eigenvalue weighted by Crippen LogP contribution is -2.21. The van der Waals surface area contributed by atoms with E-state index in [-0.39, 0.29) is 5.82 Å². The van der Waals surface area contributed by atoms with E-state index in [4.69, 9.17) is 4.74 Å². The highest BCUT2D eigenvalue weighted by atomic mass is 19.1. The molecule has 0 aliphatic carbocycles. The van der Waals surface area contributed by atoms with Crippen molar-refractivity contribution in [2.45, 2.75) is 6.42 Å². The summed E-state index contributed by atoms with van der Waals surface area (Å²) in [7, 11) is 0. The molecule has 0 radical (unpaired) electrons. The lowest BCUT2D eigenvalue weighted by Gasteiger charge is -2.21. The van der Waals surface area contributed by atoms with Crippen LogP contribution >= 0.6 is 0 Å². The fourth-order valence-electron chi connectivity index (χ4n) is 3.56. The number of para-hydroxylation sites is 1. The van der Waals surface area contributed by atoms with Gasteiger partial charge in [0.25, 0.3) is 0 Å². The summed E-state index contributed by atoms with van der Waals surface area (Å²) in [6.45, 7) is 1.89. The first-order valence-corrected chi connectivity index (χ1v) is 9.61. The molecule has 1 aliphatic rings. The molecule has 0 bridgehead atoms. The van der Waals surface area contributed by atoms with E-state index in [1.807, 2.05) is 18.3 Å². The Kier molecular flexibility index (Phi) is 4.48. The summed E-state index contributed by atoms with van der Waals surface area (Å²) in [5, 5.41) is 7.84. The molecule has 3 heterocycles. The number of rotatable bonds is 5. The van der Waals surface area contributed by atoms with E-state index in [1.165, 1.54) is 23.1 Å². The molecule has 29 heavy (non-hydrogen) atoms. The standard InChI is InChI=1S/C22H20FN5O/c23-16-5-3-4-14(12-16)20-27-21(19-22(28-20)25-10-11-29-19)24-9-8-15-13-26-18-7-2-1-6-17(15)18/h1-7,12-13,26H,8-11H2,(H2,24,25,27,28). The zero-order chi connectivity index (χ0) is 19.6. The van der Waals surface area contributed by atoms with Crippen molar-refractivity contribution in [3.8, 4) is 17.1 Å². The lowest BCUT2D eigenvalue weighted by atomic mass is 10.1. The molecule has 0 unspecified atom stereocenters. The summed E-state index contributed by atoms with van der Waals surface area (Å²) in [5.74, 6) is 1.98. The predicted octanol–water partition coefficient (Wildman–Crippen LogP) is 4.22. The average Bonchev–Trinajstić information content (AvgIpc) is 3.17. The molecule has 2 aromatic carbocycles. The van der Waals surface area contributed by atoms with Gasteiger partial charge in [0.15, 0.2) is 17.5 Å². The molecule has 0 spiro atoms. The Balaban J connectivity index is 1.42. The maximum atomic E-state index is 13.7. The van der Waals surface area contributed by atoms with E-state index in [9.17, 15) is 4.39 Å². The second-order valence-electron chi connectivity index (χ2n) is 6.90. The molecule has 1 aliphatic heterocycles. The molecule has 0 fully saturated rings. The van der Waals surface area contributed by atoms with E-state index in [2.05, 4.69) is 37.7 Å². The van der Waals surface area contributed by atoms with Crippen LogP contribution in [0.25, 0.3) is 22.3 Å². The topological polar surface area (TPSA) is 74.9 Å². The fourth-order valence-corrected chi connectivity index (χ4v) is 3.56. The van der Waals surface area contributed by atoms with Crippen molar-refractivity contribution in [1.29, 1.82) is 0 Å². The second-order valence-corrected chi connectivity index (χ2v) is 6.90. The van der Waals surface area contributed by atoms with Gasteiger partial charge in [-0.15, -0.1) is 0 Å². The number of nitrogens with one attached hydrogen (secondary N) is 3.